The number of carbonyl (C=O) groups excluding carboxylic acids is 1. The number of carbonyl (C=O) groups is 1. The zero-order valence-corrected chi connectivity index (χ0v) is 14.3. The van der Waals surface area contributed by atoms with Crippen molar-refractivity contribution in [3.63, 3.8) is 0 Å². The number of likely N-dealkylation sites (tertiary alicyclic amines) is 1. The summed E-state index contributed by atoms with van der Waals surface area (Å²) in [4.78, 5) is 19.5. The molecule has 4 nitrogen and oxygen atoms in total. The molecular weight excluding hydrogens is 321 g/mol. The Morgan fingerprint density at radius 3 is 2.91 bits per heavy atom. The van der Waals surface area contributed by atoms with Crippen LogP contribution in [0.3, 0.4) is 0 Å². The number of hydrogen-bond donors (Lipinski definition) is 0. The minimum absolute atomic E-state index is 0.0230. The molecule has 3 rings (SSSR count). The Labute approximate surface area is 140 Å². The van der Waals surface area contributed by atoms with Gasteiger partial charge in [0.25, 0.3) is 5.91 Å². The van der Waals surface area contributed by atoms with E-state index in [4.69, 9.17) is 23.2 Å². The van der Waals surface area contributed by atoms with Crippen molar-refractivity contribution in [1.82, 2.24) is 14.3 Å². The molecule has 1 aliphatic rings. The number of hydrogen-bond acceptors (Lipinski definition) is 2. The predicted octanol–water partition coefficient (Wildman–Crippen LogP) is 4.35. The number of rotatable bonds is 2. The van der Waals surface area contributed by atoms with Gasteiger partial charge in [-0.05, 0) is 38.7 Å². The first kappa shape index (κ1) is 15.6. The molecule has 0 bridgehead atoms. The molecule has 0 N–H and O–H groups in total. The van der Waals surface area contributed by atoms with Crippen LogP contribution in [0, 0.1) is 6.92 Å². The minimum Gasteiger partial charge on any atom is -0.334 e. The smallest absolute Gasteiger partial charge is 0.273 e. The van der Waals surface area contributed by atoms with Crippen LogP contribution in [0.2, 0.25) is 10.0 Å². The number of imidazole rings is 1. The lowest BCUT2D eigenvalue weighted by Crippen LogP contribution is -2.44. The third-order valence-corrected chi connectivity index (χ3v) is 4.86. The topological polar surface area (TPSA) is 37.6 Å². The first-order chi connectivity index (χ1) is 10.5. The van der Waals surface area contributed by atoms with Crippen molar-refractivity contribution in [3.05, 3.63) is 33.7 Å². The van der Waals surface area contributed by atoms with Gasteiger partial charge >= 0.3 is 0 Å². The molecule has 0 aliphatic carbocycles. The quantitative estimate of drug-likeness (QED) is 0.815. The van der Waals surface area contributed by atoms with Crippen LogP contribution in [0.4, 0.5) is 0 Å². The minimum atomic E-state index is 0.0230. The first-order valence-corrected chi connectivity index (χ1v) is 8.43. The lowest BCUT2D eigenvalue weighted by atomic mass is 9.99. The van der Waals surface area contributed by atoms with Crippen LogP contribution in [-0.4, -0.2) is 32.8 Å². The van der Waals surface area contributed by atoms with E-state index in [-0.39, 0.29) is 5.91 Å². The first-order valence-electron chi connectivity index (χ1n) is 7.67. The molecule has 1 aliphatic heterocycles. The Morgan fingerprint density at radius 2 is 2.18 bits per heavy atom. The summed E-state index contributed by atoms with van der Waals surface area (Å²) in [6, 6.07) is 1.95. The van der Waals surface area contributed by atoms with Gasteiger partial charge in [-0.1, -0.05) is 30.1 Å². The molecule has 0 saturated carbocycles. The van der Waals surface area contributed by atoms with Gasteiger partial charge in [0, 0.05) is 18.8 Å². The highest BCUT2D eigenvalue weighted by Gasteiger charge is 2.29. The van der Waals surface area contributed by atoms with Gasteiger partial charge in [-0.3, -0.25) is 9.20 Å². The molecule has 2 aromatic heterocycles. The van der Waals surface area contributed by atoms with E-state index in [2.05, 4.69) is 11.9 Å². The average molecular weight is 340 g/mol. The van der Waals surface area contributed by atoms with Crippen LogP contribution in [-0.2, 0) is 0 Å². The molecule has 1 amide bonds. The third kappa shape index (κ3) is 2.59. The van der Waals surface area contributed by atoms with Crippen molar-refractivity contribution in [2.45, 2.75) is 45.6 Å². The summed E-state index contributed by atoms with van der Waals surface area (Å²) in [5.41, 5.74) is 1.84. The van der Waals surface area contributed by atoms with Crippen molar-refractivity contribution >= 4 is 34.8 Å². The molecule has 1 atom stereocenters. The maximum Gasteiger partial charge on any atom is 0.273 e. The van der Waals surface area contributed by atoms with Gasteiger partial charge in [0.05, 0.1) is 15.7 Å². The monoisotopic (exact) mass is 339 g/mol. The van der Waals surface area contributed by atoms with Gasteiger partial charge < -0.3 is 4.90 Å². The van der Waals surface area contributed by atoms with Gasteiger partial charge in [0.2, 0.25) is 0 Å². The van der Waals surface area contributed by atoms with Gasteiger partial charge in [-0.25, -0.2) is 4.98 Å². The number of nitrogens with zero attached hydrogens (tertiary/aromatic N) is 3. The predicted molar refractivity (Wildman–Crippen MR) is 88.9 cm³/mol. The van der Waals surface area contributed by atoms with Crippen molar-refractivity contribution in [2.75, 3.05) is 6.54 Å². The molecule has 1 unspecified atom stereocenters. The van der Waals surface area contributed by atoms with E-state index in [0.29, 0.717) is 33.1 Å². The molecule has 1 fully saturated rings. The molecule has 118 valence electrons. The standard InChI is InChI=1S/C16H19Cl2N3O/c1-3-12-6-4-5-7-20(12)16(22)14-10(2)19-15-13(18)8-11(17)9-21(14)15/h8-9,12H,3-7H2,1-2H3. The van der Waals surface area contributed by atoms with E-state index in [9.17, 15) is 4.79 Å². The van der Waals surface area contributed by atoms with E-state index < -0.39 is 0 Å². The van der Waals surface area contributed by atoms with Crippen molar-refractivity contribution in [1.29, 1.82) is 0 Å². The van der Waals surface area contributed by atoms with E-state index in [1.807, 2.05) is 11.8 Å². The van der Waals surface area contributed by atoms with E-state index in [1.165, 1.54) is 6.42 Å². The summed E-state index contributed by atoms with van der Waals surface area (Å²) in [5.74, 6) is 0.0230. The summed E-state index contributed by atoms with van der Waals surface area (Å²) in [6.45, 7) is 4.78. The second-order valence-electron chi connectivity index (χ2n) is 5.80. The number of aryl methyl sites for hydroxylation is 1. The van der Waals surface area contributed by atoms with Gasteiger partial charge in [-0.15, -0.1) is 0 Å². The highest BCUT2D eigenvalue weighted by Crippen LogP contribution is 2.27. The summed E-state index contributed by atoms with van der Waals surface area (Å²) < 4.78 is 1.73. The molecule has 22 heavy (non-hydrogen) atoms. The molecule has 2 aromatic rings. The highest BCUT2D eigenvalue weighted by molar-refractivity contribution is 6.36. The molecule has 0 radical (unpaired) electrons. The zero-order chi connectivity index (χ0) is 15.9. The summed E-state index contributed by atoms with van der Waals surface area (Å²) in [6.07, 6.45) is 6.00. The Morgan fingerprint density at radius 1 is 1.41 bits per heavy atom. The number of aromatic nitrogens is 2. The number of fused-ring (bicyclic) bond motifs is 1. The highest BCUT2D eigenvalue weighted by atomic mass is 35.5. The Hall–Kier alpha value is -1.26. The maximum atomic E-state index is 13.1. The summed E-state index contributed by atoms with van der Waals surface area (Å²) in [7, 11) is 0. The second kappa shape index (κ2) is 6.09. The maximum absolute atomic E-state index is 13.1. The van der Waals surface area contributed by atoms with Crippen molar-refractivity contribution < 1.29 is 4.79 Å². The van der Waals surface area contributed by atoms with Gasteiger partial charge in [-0.2, -0.15) is 0 Å². The lowest BCUT2D eigenvalue weighted by molar-refractivity contribution is 0.0600. The van der Waals surface area contributed by atoms with Crippen molar-refractivity contribution in [3.8, 4) is 0 Å². The molecular formula is C16H19Cl2N3O. The lowest BCUT2D eigenvalue weighted by Gasteiger charge is -2.35. The van der Waals surface area contributed by atoms with E-state index in [0.717, 1.165) is 25.8 Å². The van der Waals surface area contributed by atoms with Crippen LogP contribution in [0.1, 0.15) is 48.8 Å². The molecule has 1 saturated heterocycles. The number of pyridine rings is 1. The van der Waals surface area contributed by atoms with Crippen LogP contribution in [0.15, 0.2) is 12.3 Å². The third-order valence-electron chi connectivity index (χ3n) is 4.38. The normalized spacial score (nSPS) is 18.9. The number of amides is 1. The summed E-state index contributed by atoms with van der Waals surface area (Å²) in [5, 5.41) is 0.954. The molecule has 3 heterocycles. The van der Waals surface area contributed by atoms with Gasteiger partial charge in [0.1, 0.15) is 5.69 Å². The molecule has 0 spiro atoms. The van der Waals surface area contributed by atoms with E-state index in [1.54, 1.807) is 16.7 Å². The fraction of sp³-hybridized carbons (Fsp3) is 0.500. The Kier molecular flexibility index (Phi) is 4.33. The Balaban J connectivity index is 2.09. The molecule has 6 heteroatoms. The number of halogens is 2. The zero-order valence-electron chi connectivity index (χ0n) is 12.8. The largest absolute Gasteiger partial charge is 0.334 e. The van der Waals surface area contributed by atoms with E-state index >= 15 is 0 Å². The SMILES string of the molecule is CCC1CCCCN1C(=O)c1c(C)nc2c(Cl)cc(Cl)cn12. The van der Waals surface area contributed by atoms with Crippen LogP contribution < -0.4 is 0 Å². The van der Waals surface area contributed by atoms with Crippen LogP contribution in [0.5, 0.6) is 0 Å². The van der Waals surface area contributed by atoms with Gasteiger partial charge in [0.15, 0.2) is 5.65 Å². The average Bonchev–Trinajstić information content (AvgIpc) is 2.83. The summed E-state index contributed by atoms with van der Waals surface area (Å²) >= 11 is 12.3. The second-order valence-corrected chi connectivity index (χ2v) is 6.65. The number of piperidine rings is 1. The fourth-order valence-electron chi connectivity index (χ4n) is 3.27. The van der Waals surface area contributed by atoms with Crippen LogP contribution >= 0.6 is 23.2 Å². The molecule has 0 aromatic carbocycles. The Bertz CT molecular complexity index is 726. The van der Waals surface area contributed by atoms with Crippen molar-refractivity contribution in [2.24, 2.45) is 0 Å². The van der Waals surface area contributed by atoms with Crippen LogP contribution in [0.25, 0.3) is 5.65 Å². The fourth-order valence-corrected chi connectivity index (χ4v) is 3.79.